The predicted octanol–water partition coefficient (Wildman–Crippen LogP) is 12.2. The molecule has 11 rings (SSSR count). The summed E-state index contributed by atoms with van der Waals surface area (Å²) in [6.07, 6.45) is 0. The van der Waals surface area contributed by atoms with Gasteiger partial charge in [0.2, 0.25) is 0 Å². The van der Waals surface area contributed by atoms with E-state index in [0.717, 1.165) is 39.1 Å². The molecule has 0 aliphatic rings. The highest BCUT2D eigenvalue weighted by molar-refractivity contribution is 6.29. The lowest BCUT2D eigenvalue weighted by atomic mass is 10.1. The fraction of sp³-hybridized carbons (Fsp3) is 0. The molecule has 0 radical (unpaired) electrons. The first-order valence-electron chi connectivity index (χ1n) is 18.2. The average Bonchev–Trinajstić information content (AvgIpc) is 3.77. The molecular formula is C49H31N5. The minimum atomic E-state index is 0.639. The van der Waals surface area contributed by atoms with Crippen LogP contribution in [-0.4, -0.2) is 24.1 Å². The second-order valence-corrected chi connectivity index (χ2v) is 13.7. The lowest BCUT2D eigenvalue weighted by Crippen LogP contribution is -2.00. The van der Waals surface area contributed by atoms with E-state index >= 15 is 0 Å². The molecule has 0 amide bonds. The summed E-state index contributed by atoms with van der Waals surface area (Å²) in [7, 11) is 0. The van der Waals surface area contributed by atoms with Crippen LogP contribution in [0.1, 0.15) is 0 Å². The Morgan fingerprint density at radius 3 is 1.28 bits per heavy atom. The minimum absolute atomic E-state index is 0.639. The van der Waals surface area contributed by atoms with Crippen molar-refractivity contribution in [2.45, 2.75) is 0 Å². The van der Waals surface area contributed by atoms with Crippen LogP contribution in [0.2, 0.25) is 0 Å². The van der Waals surface area contributed by atoms with E-state index in [2.05, 4.69) is 137 Å². The first-order valence-corrected chi connectivity index (χ1v) is 18.2. The molecule has 3 heterocycles. The van der Waals surface area contributed by atoms with E-state index in [0.29, 0.717) is 17.5 Å². The Bertz CT molecular complexity index is 3140. The lowest BCUT2D eigenvalue weighted by molar-refractivity contribution is 1.07. The number of nitrogens with zero attached hydrogens (tertiary/aromatic N) is 5. The Morgan fingerprint density at radius 1 is 0.296 bits per heavy atom. The maximum absolute atomic E-state index is 4.97. The van der Waals surface area contributed by atoms with Crippen LogP contribution in [0, 0.1) is 0 Å². The summed E-state index contributed by atoms with van der Waals surface area (Å²) in [6, 6.07) is 66.2. The molecule has 0 saturated heterocycles. The van der Waals surface area contributed by atoms with Crippen molar-refractivity contribution >= 4 is 54.4 Å². The maximum atomic E-state index is 4.97. The van der Waals surface area contributed by atoms with Gasteiger partial charge in [-0.15, -0.1) is 0 Å². The van der Waals surface area contributed by atoms with Gasteiger partial charge in [-0.1, -0.05) is 127 Å². The molecule has 5 heteroatoms. The lowest BCUT2D eigenvalue weighted by Gasteiger charge is -2.11. The molecule has 0 bridgehead atoms. The van der Waals surface area contributed by atoms with Crippen LogP contribution in [-0.2, 0) is 0 Å². The molecule has 0 saturated carbocycles. The van der Waals surface area contributed by atoms with Crippen LogP contribution in [0.4, 0.5) is 0 Å². The second-order valence-electron chi connectivity index (χ2n) is 13.7. The second kappa shape index (κ2) is 12.1. The summed E-state index contributed by atoms with van der Waals surface area (Å²) in [5, 5.41) is 7.44. The van der Waals surface area contributed by atoms with Crippen molar-refractivity contribution in [2.24, 2.45) is 0 Å². The van der Waals surface area contributed by atoms with Gasteiger partial charge in [-0.05, 0) is 71.4 Å². The highest BCUT2D eigenvalue weighted by atomic mass is 15.0. The zero-order valence-corrected chi connectivity index (χ0v) is 29.1. The maximum Gasteiger partial charge on any atom is 0.164 e. The Balaban J connectivity index is 1.10. The van der Waals surface area contributed by atoms with Crippen molar-refractivity contribution in [1.29, 1.82) is 0 Å². The fourth-order valence-corrected chi connectivity index (χ4v) is 8.09. The minimum Gasteiger partial charge on any atom is -0.309 e. The standard InChI is InChI=1S/C49H31N5/c1-3-14-33(15-4-1)47-50-48(34-16-5-2-6-17-34)52-49(51-47)35-24-26-37(27-25-35)53-41-21-11-9-19-39(41)45-43(53)29-30-44-46(45)40-20-10-12-22-42(40)54(44)38-28-23-32-13-7-8-18-36(32)31-38/h1-31H. The van der Waals surface area contributed by atoms with Gasteiger partial charge in [-0.3, -0.25) is 0 Å². The molecule has 0 fully saturated rings. The Kier molecular flexibility index (Phi) is 6.79. The van der Waals surface area contributed by atoms with E-state index in [1.165, 1.54) is 43.4 Å². The van der Waals surface area contributed by atoms with E-state index in [1.54, 1.807) is 0 Å². The highest BCUT2D eigenvalue weighted by Gasteiger charge is 2.21. The molecule has 0 spiro atoms. The number of hydrogen-bond acceptors (Lipinski definition) is 3. The first kappa shape index (κ1) is 30.3. The van der Waals surface area contributed by atoms with Gasteiger partial charge < -0.3 is 9.13 Å². The molecule has 252 valence electrons. The van der Waals surface area contributed by atoms with Gasteiger partial charge in [0.1, 0.15) is 0 Å². The molecule has 0 aliphatic heterocycles. The van der Waals surface area contributed by atoms with Crippen molar-refractivity contribution in [3.05, 3.63) is 188 Å². The topological polar surface area (TPSA) is 48.5 Å². The fourth-order valence-electron chi connectivity index (χ4n) is 8.09. The normalized spacial score (nSPS) is 11.7. The molecule has 0 N–H and O–H groups in total. The van der Waals surface area contributed by atoms with Gasteiger partial charge >= 0.3 is 0 Å². The Labute approximate surface area is 311 Å². The number of hydrogen-bond donors (Lipinski definition) is 0. The van der Waals surface area contributed by atoms with E-state index in [9.17, 15) is 0 Å². The first-order chi connectivity index (χ1) is 26.8. The third kappa shape index (κ3) is 4.76. The predicted molar refractivity (Wildman–Crippen MR) is 222 cm³/mol. The van der Waals surface area contributed by atoms with Gasteiger partial charge in [0.15, 0.2) is 17.5 Å². The Hall–Kier alpha value is -7.37. The summed E-state index contributed by atoms with van der Waals surface area (Å²) in [5.41, 5.74) is 9.77. The molecular weight excluding hydrogens is 659 g/mol. The van der Waals surface area contributed by atoms with E-state index in [-0.39, 0.29) is 0 Å². The SMILES string of the molecule is c1ccc(-c2nc(-c3ccccc3)nc(-c3ccc(-n4c5ccccc5c5c6c7ccccc7n(-c7ccc8ccccc8c7)c6ccc54)cc3)n2)cc1. The summed E-state index contributed by atoms with van der Waals surface area (Å²) in [6.45, 7) is 0. The average molecular weight is 690 g/mol. The molecule has 3 aromatic heterocycles. The van der Waals surface area contributed by atoms with Crippen LogP contribution in [0.25, 0.3) is 99.9 Å². The molecule has 5 nitrogen and oxygen atoms in total. The molecule has 0 aliphatic carbocycles. The van der Waals surface area contributed by atoms with Crippen LogP contribution in [0.15, 0.2) is 188 Å². The van der Waals surface area contributed by atoms with Gasteiger partial charge in [-0.2, -0.15) is 0 Å². The monoisotopic (exact) mass is 689 g/mol. The largest absolute Gasteiger partial charge is 0.309 e. The number of benzene rings is 8. The van der Waals surface area contributed by atoms with Crippen LogP contribution < -0.4 is 0 Å². The highest BCUT2D eigenvalue weighted by Crippen LogP contribution is 2.42. The number of rotatable bonds is 5. The smallest absolute Gasteiger partial charge is 0.164 e. The van der Waals surface area contributed by atoms with E-state index < -0.39 is 0 Å². The van der Waals surface area contributed by atoms with Crippen molar-refractivity contribution in [3.63, 3.8) is 0 Å². The molecule has 0 unspecified atom stereocenters. The van der Waals surface area contributed by atoms with Crippen LogP contribution in [0.5, 0.6) is 0 Å². The zero-order chi connectivity index (χ0) is 35.6. The summed E-state index contributed by atoms with van der Waals surface area (Å²) in [4.78, 5) is 14.8. The van der Waals surface area contributed by atoms with Crippen molar-refractivity contribution in [1.82, 2.24) is 24.1 Å². The van der Waals surface area contributed by atoms with Crippen LogP contribution >= 0.6 is 0 Å². The summed E-state index contributed by atoms with van der Waals surface area (Å²) < 4.78 is 4.80. The van der Waals surface area contributed by atoms with Crippen molar-refractivity contribution in [3.8, 4) is 45.5 Å². The zero-order valence-electron chi connectivity index (χ0n) is 29.1. The third-order valence-electron chi connectivity index (χ3n) is 10.5. The van der Waals surface area contributed by atoms with Gasteiger partial charge in [0.25, 0.3) is 0 Å². The number of fused-ring (bicyclic) bond motifs is 8. The van der Waals surface area contributed by atoms with Crippen molar-refractivity contribution < 1.29 is 0 Å². The van der Waals surface area contributed by atoms with Gasteiger partial charge in [0.05, 0.1) is 22.1 Å². The van der Waals surface area contributed by atoms with E-state index in [4.69, 9.17) is 15.0 Å². The Morgan fingerprint density at radius 2 is 0.722 bits per heavy atom. The van der Waals surface area contributed by atoms with Crippen LogP contribution in [0.3, 0.4) is 0 Å². The van der Waals surface area contributed by atoms with E-state index in [1.807, 2.05) is 60.7 Å². The van der Waals surface area contributed by atoms with Gasteiger partial charge in [0, 0.05) is 49.6 Å². The number of aromatic nitrogens is 5. The molecule has 8 aromatic carbocycles. The molecule has 54 heavy (non-hydrogen) atoms. The summed E-state index contributed by atoms with van der Waals surface area (Å²) >= 11 is 0. The van der Waals surface area contributed by atoms with Gasteiger partial charge in [-0.25, -0.2) is 15.0 Å². The molecule has 11 aromatic rings. The number of para-hydroxylation sites is 2. The third-order valence-corrected chi connectivity index (χ3v) is 10.5. The quantitative estimate of drug-likeness (QED) is 0.181. The molecule has 0 atom stereocenters. The van der Waals surface area contributed by atoms with Crippen molar-refractivity contribution in [2.75, 3.05) is 0 Å². The summed E-state index contributed by atoms with van der Waals surface area (Å²) in [5.74, 6) is 1.94.